The highest BCUT2D eigenvalue weighted by Crippen LogP contribution is 2.20. The van der Waals surface area contributed by atoms with E-state index in [9.17, 15) is 9.90 Å². The highest BCUT2D eigenvalue weighted by Gasteiger charge is 2.17. The first-order valence-electron chi connectivity index (χ1n) is 6.00. The van der Waals surface area contributed by atoms with E-state index in [2.05, 4.69) is 4.98 Å². The molecule has 0 atom stereocenters. The summed E-state index contributed by atoms with van der Waals surface area (Å²) in [6, 6.07) is 4.99. The Bertz CT molecular complexity index is 604. The lowest BCUT2D eigenvalue weighted by Crippen LogP contribution is -2.27. The number of aromatic hydroxyl groups is 1. The molecule has 1 N–H and O–H groups in total. The zero-order valence-corrected chi connectivity index (χ0v) is 11.3. The number of aryl methyl sites for hydroxylation is 2. The van der Waals surface area contributed by atoms with Gasteiger partial charge in [-0.1, -0.05) is 11.6 Å². The van der Waals surface area contributed by atoms with Crippen LogP contribution < -0.4 is 0 Å². The second kappa shape index (κ2) is 5.14. The van der Waals surface area contributed by atoms with Crippen molar-refractivity contribution in [2.75, 3.05) is 7.05 Å². The third-order valence-corrected chi connectivity index (χ3v) is 3.03. The molecule has 0 fully saturated rings. The first-order valence-corrected chi connectivity index (χ1v) is 6.00. The fourth-order valence-corrected chi connectivity index (χ4v) is 1.86. The van der Waals surface area contributed by atoms with Crippen LogP contribution in [0.15, 0.2) is 30.6 Å². The number of aromatic nitrogens is 2. The molecule has 0 aliphatic rings. The van der Waals surface area contributed by atoms with Crippen molar-refractivity contribution in [2.24, 2.45) is 7.05 Å². The first-order chi connectivity index (χ1) is 8.99. The van der Waals surface area contributed by atoms with E-state index < -0.39 is 0 Å². The number of imidazole rings is 1. The minimum atomic E-state index is -0.218. The van der Waals surface area contributed by atoms with Crippen molar-refractivity contribution in [3.05, 3.63) is 47.5 Å². The maximum atomic E-state index is 12.3. The number of carbonyl (C=O) groups excluding carboxylic acids is 1. The van der Waals surface area contributed by atoms with Gasteiger partial charge in [0.1, 0.15) is 11.6 Å². The summed E-state index contributed by atoms with van der Waals surface area (Å²) in [7, 11) is 3.57. The van der Waals surface area contributed by atoms with Crippen LogP contribution in [0.2, 0.25) is 0 Å². The Kier molecular flexibility index (Phi) is 3.55. The molecule has 0 saturated heterocycles. The molecule has 5 heteroatoms. The summed E-state index contributed by atoms with van der Waals surface area (Å²) in [5.41, 5.74) is 1.25. The van der Waals surface area contributed by atoms with Crippen LogP contribution in [0.5, 0.6) is 5.75 Å². The summed E-state index contributed by atoms with van der Waals surface area (Å²) in [5.74, 6) is 0.578. The average Bonchev–Trinajstić information content (AvgIpc) is 2.77. The Hall–Kier alpha value is -2.30. The first kappa shape index (κ1) is 13.1. The third-order valence-electron chi connectivity index (χ3n) is 3.03. The van der Waals surface area contributed by atoms with E-state index in [0.717, 1.165) is 11.4 Å². The predicted octanol–water partition coefficient (Wildman–Crippen LogP) is 1.71. The molecule has 2 rings (SSSR count). The van der Waals surface area contributed by atoms with Gasteiger partial charge >= 0.3 is 0 Å². The Morgan fingerprint density at radius 1 is 1.47 bits per heavy atom. The molecule has 5 nitrogen and oxygen atoms in total. The van der Waals surface area contributed by atoms with Gasteiger partial charge in [0, 0.05) is 26.5 Å². The van der Waals surface area contributed by atoms with Crippen molar-refractivity contribution < 1.29 is 9.90 Å². The average molecular weight is 259 g/mol. The molecule has 1 aromatic carbocycles. The summed E-state index contributed by atoms with van der Waals surface area (Å²) in [6.07, 6.45) is 3.52. The number of hydrogen-bond donors (Lipinski definition) is 1. The fourth-order valence-electron chi connectivity index (χ4n) is 1.86. The molecule has 0 spiro atoms. The van der Waals surface area contributed by atoms with E-state index in [0.29, 0.717) is 12.1 Å². The van der Waals surface area contributed by atoms with Crippen LogP contribution in [0.4, 0.5) is 0 Å². The van der Waals surface area contributed by atoms with Crippen LogP contribution in [-0.2, 0) is 13.6 Å². The molecule has 2 aromatic rings. The number of rotatable bonds is 3. The molecule has 19 heavy (non-hydrogen) atoms. The van der Waals surface area contributed by atoms with Gasteiger partial charge in [0.2, 0.25) is 0 Å². The molecular formula is C14H17N3O2. The monoisotopic (exact) mass is 259 g/mol. The third kappa shape index (κ3) is 2.76. The zero-order chi connectivity index (χ0) is 14.0. The van der Waals surface area contributed by atoms with Crippen molar-refractivity contribution in [1.82, 2.24) is 14.5 Å². The van der Waals surface area contributed by atoms with E-state index in [1.165, 1.54) is 11.0 Å². The number of phenols is 1. The lowest BCUT2D eigenvalue weighted by atomic mass is 10.1. The minimum Gasteiger partial charge on any atom is -0.507 e. The van der Waals surface area contributed by atoms with Crippen LogP contribution in [0, 0.1) is 6.92 Å². The number of carbonyl (C=O) groups is 1. The molecule has 0 saturated carbocycles. The van der Waals surface area contributed by atoms with Gasteiger partial charge < -0.3 is 14.6 Å². The summed E-state index contributed by atoms with van der Waals surface area (Å²) >= 11 is 0. The van der Waals surface area contributed by atoms with Gasteiger partial charge in [0.25, 0.3) is 5.91 Å². The lowest BCUT2D eigenvalue weighted by molar-refractivity contribution is 0.0777. The Morgan fingerprint density at radius 3 is 2.84 bits per heavy atom. The molecule has 0 radical (unpaired) electrons. The normalized spacial score (nSPS) is 10.5. The number of benzene rings is 1. The maximum Gasteiger partial charge on any atom is 0.257 e. The molecule has 100 valence electrons. The Labute approximate surface area is 112 Å². The quantitative estimate of drug-likeness (QED) is 0.912. The number of phenolic OH excluding ortho intramolecular Hbond substituents is 1. The van der Waals surface area contributed by atoms with E-state index in [-0.39, 0.29) is 11.7 Å². The fraction of sp³-hybridized carbons (Fsp3) is 0.286. The van der Waals surface area contributed by atoms with Crippen molar-refractivity contribution in [3.63, 3.8) is 0 Å². The van der Waals surface area contributed by atoms with Gasteiger partial charge in [0.05, 0.1) is 12.1 Å². The highest BCUT2D eigenvalue weighted by molar-refractivity contribution is 5.96. The molecule has 0 unspecified atom stereocenters. The molecule has 0 aliphatic carbocycles. The van der Waals surface area contributed by atoms with Gasteiger partial charge in [-0.3, -0.25) is 4.79 Å². The Balaban J connectivity index is 2.19. The second-order valence-corrected chi connectivity index (χ2v) is 4.64. The van der Waals surface area contributed by atoms with Gasteiger partial charge in [0.15, 0.2) is 0 Å². The van der Waals surface area contributed by atoms with E-state index >= 15 is 0 Å². The largest absolute Gasteiger partial charge is 0.507 e. The van der Waals surface area contributed by atoms with E-state index in [1.807, 2.05) is 24.7 Å². The summed E-state index contributed by atoms with van der Waals surface area (Å²) in [4.78, 5) is 18.0. The second-order valence-electron chi connectivity index (χ2n) is 4.64. The summed E-state index contributed by atoms with van der Waals surface area (Å²) < 4.78 is 1.86. The van der Waals surface area contributed by atoms with Crippen molar-refractivity contribution in [3.8, 4) is 5.75 Å². The number of hydrogen-bond acceptors (Lipinski definition) is 3. The van der Waals surface area contributed by atoms with Crippen LogP contribution in [0.1, 0.15) is 21.7 Å². The van der Waals surface area contributed by atoms with Crippen molar-refractivity contribution in [1.29, 1.82) is 0 Å². The van der Waals surface area contributed by atoms with E-state index in [4.69, 9.17) is 0 Å². The Morgan fingerprint density at radius 2 is 2.21 bits per heavy atom. The predicted molar refractivity (Wildman–Crippen MR) is 71.8 cm³/mol. The van der Waals surface area contributed by atoms with Crippen molar-refractivity contribution >= 4 is 5.91 Å². The lowest BCUT2D eigenvalue weighted by Gasteiger charge is -2.17. The standard InChI is InChI=1S/C14H17N3O2/c1-10-4-5-12(18)11(8-10)14(19)17(3)9-13-15-6-7-16(13)2/h4-8,18H,9H2,1-3H3. The zero-order valence-electron chi connectivity index (χ0n) is 11.3. The van der Waals surface area contributed by atoms with Crippen LogP contribution in [-0.4, -0.2) is 32.5 Å². The smallest absolute Gasteiger partial charge is 0.257 e. The maximum absolute atomic E-state index is 12.3. The summed E-state index contributed by atoms with van der Waals surface area (Å²) in [6.45, 7) is 2.28. The SMILES string of the molecule is Cc1ccc(O)c(C(=O)N(C)Cc2nccn2C)c1. The molecular weight excluding hydrogens is 242 g/mol. The van der Waals surface area contributed by atoms with Gasteiger partial charge in [-0.15, -0.1) is 0 Å². The molecule has 1 heterocycles. The summed E-state index contributed by atoms with van der Waals surface area (Å²) in [5, 5.41) is 9.77. The van der Waals surface area contributed by atoms with Crippen LogP contribution in [0.3, 0.4) is 0 Å². The van der Waals surface area contributed by atoms with Gasteiger partial charge in [-0.25, -0.2) is 4.98 Å². The number of amides is 1. The van der Waals surface area contributed by atoms with Crippen LogP contribution in [0.25, 0.3) is 0 Å². The molecule has 0 aliphatic heterocycles. The van der Waals surface area contributed by atoms with Crippen LogP contribution >= 0.6 is 0 Å². The minimum absolute atomic E-state index is 0.00212. The molecule has 1 aromatic heterocycles. The van der Waals surface area contributed by atoms with E-state index in [1.54, 1.807) is 25.4 Å². The van der Waals surface area contributed by atoms with Gasteiger partial charge in [-0.05, 0) is 19.1 Å². The highest BCUT2D eigenvalue weighted by atomic mass is 16.3. The topological polar surface area (TPSA) is 58.4 Å². The molecule has 0 bridgehead atoms. The van der Waals surface area contributed by atoms with Crippen molar-refractivity contribution in [2.45, 2.75) is 13.5 Å². The van der Waals surface area contributed by atoms with Gasteiger partial charge in [-0.2, -0.15) is 0 Å². The number of nitrogens with zero attached hydrogens (tertiary/aromatic N) is 3. The molecule has 1 amide bonds.